The van der Waals surface area contributed by atoms with Crippen molar-refractivity contribution < 1.29 is 14.2 Å². The second-order valence-electron chi connectivity index (χ2n) is 4.02. The Kier molecular flexibility index (Phi) is 3.21. The third kappa shape index (κ3) is 2.69. The lowest BCUT2D eigenvalue weighted by molar-refractivity contribution is 0.144. The van der Waals surface area contributed by atoms with Gasteiger partial charge in [-0.1, -0.05) is 12.1 Å². The molecule has 1 aliphatic carbocycles. The molecule has 0 bridgehead atoms. The van der Waals surface area contributed by atoms with Gasteiger partial charge in [0.15, 0.2) is 11.6 Å². The molecule has 2 nitrogen and oxygen atoms in total. The van der Waals surface area contributed by atoms with Crippen LogP contribution in [0.15, 0.2) is 24.3 Å². The highest BCUT2D eigenvalue weighted by Crippen LogP contribution is 2.36. The highest BCUT2D eigenvalue weighted by Gasteiger charge is 2.31. The van der Waals surface area contributed by atoms with Crippen LogP contribution in [0.4, 0.5) is 4.39 Å². The SMILES string of the molecule is OCC(COc1ccccc1F)C1CC1. The van der Waals surface area contributed by atoms with E-state index in [0.29, 0.717) is 12.5 Å². The number of para-hydroxylation sites is 1. The van der Waals surface area contributed by atoms with E-state index in [2.05, 4.69) is 0 Å². The molecule has 0 heterocycles. The topological polar surface area (TPSA) is 29.5 Å². The molecule has 1 N–H and O–H groups in total. The van der Waals surface area contributed by atoms with Crippen LogP contribution in [0.5, 0.6) is 5.75 Å². The first-order chi connectivity index (χ1) is 7.31. The molecule has 1 unspecified atom stereocenters. The normalized spacial score (nSPS) is 17.5. The Labute approximate surface area is 88.7 Å². The molecule has 1 aliphatic rings. The molecule has 15 heavy (non-hydrogen) atoms. The van der Waals surface area contributed by atoms with Crippen LogP contribution in [-0.2, 0) is 0 Å². The van der Waals surface area contributed by atoms with Crippen LogP contribution in [0.1, 0.15) is 12.8 Å². The van der Waals surface area contributed by atoms with E-state index >= 15 is 0 Å². The standard InChI is InChI=1S/C12H15FO2/c13-11-3-1-2-4-12(11)15-8-10(7-14)9-5-6-9/h1-4,9-10,14H,5-8H2. The second-order valence-corrected chi connectivity index (χ2v) is 4.02. The van der Waals surface area contributed by atoms with Crippen molar-refractivity contribution in [2.24, 2.45) is 11.8 Å². The first-order valence-electron chi connectivity index (χ1n) is 5.29. The maximum atomic E-state index is 13.2. The highest BCUT2D eigenvalue weighted by molar-refractivity contribution is 5.23. The molecule has 3 heteroatoms. The maximum Gasteiger partial charge on any atom is 0.165 e. The fourth-order valence-corrected chi connectivity index (χ4v) is 1.66. The molecule has 0 aliphatic heterocycles. The van der Waals surface area contributed by atoms with Gasteiger partial charge in [-0.25, -0.2) is 4.39 Å². The van der Waals surface area contributed by atoms with E-state index in [1.165, 1.54) is 6.07 Å². The summed E-state index contributed by atoms with van der Waals surface area (Å²) in [6.07, 6.45) is 2.32. The van der Waals surface area contributed by atoms with Crippen LogP contribution in [-0.4, -0.2) is 18.3 Å². The lowest BCUT2D eigenvalue weighted by atomic mass is 10.1. The van der Waals surface area contributed by atoms with Crippen LogP contribution in [0.3, 0.4) is 0 Å². The van der Waals surface area contributed by atoms with Crippen molar-refractivity contribution in [2.45, 2.75) is 12.8 Å². The van der Waals surface area contributed by atoms with Crippen molar-refractivity contribution in [1.29, 1.82) is 0 Å². The van der Waals surface area contributed by atoms with Gasteiger partial charge >= 0.3 is 0 Å². The Morgan fingerprint density at radius 1 is 1.40 bits per heavy atom. The Morgan fingerprint density at radius 2 is 2.13 bits per heavy atom. The fourth-order valence-electron chi connectivity index (χ4n) is 1.66. The quantitative estimate of drug-likeness (QED) is 0.807. The summed E-state index contributed by atoms with van der Waals surface area (Å²) < 4.78 is 18.5. The summed E-state index contributed by atoms with van der Waals surface area (Å²) in [5.74, 6) is 0.660. The second kappa shape index (κ2) is 4.62. The number of halogens is 1. The van der Waals surface area contributed by atoms with Gasteiger partial charge in [-0.3, -0.25) is 0 Å². The minimum atomic E-state index is -0.343. The zero-order chi connectivity index (χ0) is 10.7. The highest BCUT2D eigenvalue weighted by atomic mass is 19.1. The van der Waals surface area contributed by atoms with Gasteiger partial charge in [0.05, 0.1) is 6.61 Å². The lowest BCUT2D eigenvalue weighted by Gasteiger charge is -2.14. The van der Waals surface area contributed by atoms with Crippen LogP contribution in [0.25, 0.3) is 0 Å². The van der Waals surface area contributed by atoms with Crippen molar-refractivity contribution >= 4 is 0 Å². The summed E-state index contributed by atoms with van der Waals surface area (Å²) in [6.45, 7) is 0.529. The van der Waals surface area contributed by atoms with Gasteiger partial charge in [0.25, 0.3) is 0 Å². The van der Waals surface area contributed by atoms with E-state index in [0.717, 1.165) is 12.8 Å². The Balaban J connectivity index is 1.89. The molecule has 1 aromatic carbocycles. The van der Waals surface area contributed by atoms with Gasteiger partial charge in [-0.05, 0) is 30.9 Å². The average molecular weight is 210 g/mol. The number of hydrogen-bond donors (Lipinski definition) is 1. The molecule has 0 amide bonds. The first-order valence-corrected chi connectivity index (χ1v) is 5.29. The smallest absolute Gasteiger partial charge is 0.165 e. The van der Waals surface area contributed by atoms with E-state index in [-0.39, 0.29) is 24.1 Å². The fraction of sp³-hybridized carbons (Fsp3) is 0.500. The minimum absolute atomic E-state index is 0.124. The summed E-state index contributed by atoms with van der Waals surface area (Å²) in [5.41, 5.74) is 0. The predicted molar refractivity (Wildman–Crippen MR) is 55.2 cm³/mol. The van der Waals surface area contributed by atoms with Gasteiger partial charge in [0.1, 0.15) is 0 Å². The number of ether oxygens (including phenoxy) is 1. The molecule has 82 valence electrons. The van der Waals surface area contributed by atoms with Crippen LogP contribution >= 0.6 is 0 Å². The van der Waals surface area contributed by atoms with Crippen molar-refractivity contribution in [3.8, 4) is 5.75 Å². The van der Waals surface area contributed by atoms with E-state index in [4.69, 9.17) is 9.84 Å². The zero-order valence-corrected chi connectivity index (χ0v) is 8.53. The number of aliphatic hydroxyl groups is 1. The average Bonchev–Trinajstić information content (AvgIpc) is 3.06. The van der Waals surface area contributed by atoms with E-state index in [1.54, 1.807) is 18.2 Å². The van der Waals surface area contributed by atoms with Crippen LogP contribution in [0.2, 0.25) is 0 Å². The summed E-state index contributed by atoms with van der Waals surface area (Å²) in [7, 11) is 0. The van der Waals surface area contributed by atoms with Crippen molar-refractivity contribution in [2.75, 3.05) is 13.2 Å². The maximum absolute atomic E-state index is 13.2. The van der Waals surface area contributed by atoms with Gasteiger partial charge in [-0.15, -0.1) is 0 Å². The predicted octanol–water partition coefficient (Wildman–Crippen LogP) is 2.22. The first kappa shape index (κ1) is 10.4. The molecule has 0 radical (unpaired) electrons. The molecule has 1 saturated carbocycles. The number of rotatable bonds is 5. The van der Waals surface area contributed by atoms with E-state index < -0.39 is 0 Å². The molecule has 2 rings (SSSR count). The van der Waals surface area contributed by atoms with Crippen LogP contribution < -0.4 is 4.74 Å². The zero-order valence-electron chi connectivity index (χ0n) is 8.53. The monoisotopic (exact) mass is 210 g/mol. The molecule has 0 saturated heterocycles. The van der Waals surface area contributed by atoms with Crippen molar-refractivity contribution in [3.05, 3.63) is 30.1 Å². The Morgan fingerprint density at radius 3 is 2.73 bits per heavy atom. The Bertz CT molecular complexity index is 323. The molecule has 1 aromatic rings. The number of benzene rings is 1. The number of aliphatic hydroxyl groups excluding tert-OH is 1. The molecule has 1 fully saturated rings. The molecule has 0 spiro atoms. The summed E-state index contributed by atoms with van der Waals surface area (Å²) >= 11 is 0. The third-order valence-electron chi connectivity index (χ3n) is 2.81. The third-order valence-corrected chi connectivity index (χ3v) is 2.81. The molecule has 0 aromatic heterocycles. The van der Waals surface area contributed by atoms with Gasteiger partial charge in [0, 0.05) is 12.5 Å². The summed E-state index contributed by atoms with van der Waals surface area (Å²) in [5, 5.41) is 9.11. The van der Waals surface area contributed by atoms with Gasteiger partial charge in [-0.2, -0.15) is 0 Å². The van der Waals surface area contributed by atoms with Gasteiger partial charge in [0.2, 0.25) is 0 Å². The van der Waals surface area contributed by atoms with Crippen LogP contribution in [0, 0.1) is 17.7 Å². The molecular formula is C12H15FO2. The van der Waals surface area contributed by atoms with E-state index in [9.17, 15) is 4.39 Å². The van der Waals surface area contributed by atoms with Crippen molar-refractivity contribution in [3.63, 3.8) is 0 Å². The summed E-state index contributed by atoms with van der Waals surface area (Å²) in [4.78, 5) is 0. The van der Waals surface area contributed by atoms with E-state index in [1.807, 2.05) is 0 Å². The lowest BCUT2D eigenvalue weighted by Crippen LogP contribution is -2.18. The molecular weight excluding hydrogens is 195 g/mol. The Hall–Kier alpha value is -1.09. The van der Waals surface area contributed by atoms with Crippen molar-refractivity contribution in [1.82, 2.24) is 0 Å². The minimum Gasteiger partial charge on any atom is -0.490 e. The number of hydrogen-bond acceptors (Lipinski definition) is 2. The summed E-state index contributed by atoms with van der Waals surface area (Å²) in [6, 6.07) is 6.35. The molecule has 1 atom stereocenters. The van der Waals surface area contributed by atoms with Gasteiger partial charge < -0.3 is 9.84 Å². The largest absolute Gasteiger partial charge is 0.490 e.